The van der Waals surface area contributed by atoms with E-state index >= 15 is 0 Å². The standard InChI is InChI=1S/C19H21FN2O3/c1-11(2)25-17-9-8-13(10-15(17)18(21)23)22-19(24)12(3)14-6-4-5-7-16(14)20/h4-12H,1-3H3,(H2,21,23)(H,22,24). The molecule has 6 heteroatoms. The van der Waals surface area contributed by atoms with Gasteiger partial charge in [-0.15, -0.1) is 0 Å². The third-order valence-electron chi connectivity index (χ3n) is 3.64. The Morgan fingerprint density at radius 3 is 2.40 bits per heavy atom. The van der Waals surface area contributed by atoms with Crippen molar-refractivity contribution >= 4 is 17.5 Å². The molecule has 0 aliphatic rings. The summed E-state index contributed by atoms with van der Waals surface area (Å²) in [6, 6.07) is 10.7. The molecule has 132 valence electrons. The van der Waals surface area contributed by atoms with E-state index in [1.807, 2.05) is 13.8 Å². The third kappa shape index (κ3) is 4.56. The lowest BCUT2D eigenvalue weighted by molar-refractivity contribution is -0.117. The molecule has 0 fully saturated rings. The van der Waals surface area contributed by atoms with Crippen LogP contribution in [0.3, 0.4) is 0 Å². The highest BCUT2D eigenvalue weighted by Gasteiger charge is 2.19. The molecule has 1 unspecified atom stereocenters. The summed E-state index contributed by atoms with van der Waals surface area (Å²) in [5.41, 5.74) is 6.24. The Bertz CT molecular complexity index is 790. The predicted octanol–water partition coefficient (Wildman–Crippen LogP) is 3.45. The number of ether oxygens (including phenoxy) is 1. The zero-order chi connectivity index (χ0) is 18.6. The molecule has 2 amide bonds. The van der Waals surface area contributed by atoms with Crippen molar-refractivity contribution in [1.29, 1.82) is 0 Å². The number of primary amides is 1. The van der Waals surface area contributed by atoms with Crippen LogP contribution in [0.1, 0.15) is 42.6 Å². The number of hydrogen-bond acceptors (Lipinski definition) is 3. The third-order valence-corrected chi connectivity index (χ3v) is 3.64. The second kappa shape index (κ2) is 7.79. The number of halogens is 1. The molecule has 0 spiro atoms. The highest BCUT2D eigenvalue weighted by molar-refractivity contribution is 6.00. The van der Waals surface area contributed by atoms with Crippen molar-refractivity contribution in [2.24, 2.45) is 5.73 Å². The quantitative estimate of drug-likeness (QED) is 0.842. The zero-order valence-corrected chi connectivity index (χ0v) is 14.4. The molecular weight excluding hydrogens is 323 g/mol. The van der Waals surface area contributed by atoms with Crippen LogP contribution >= 0.6 is 0 Å². The first-order valence-electron chi connectivity index (χ1n) is 7.95. The van der Waals surface area contributed by atoms with Crippen LogP contribution in [0.25, 0.3) is 0 Å². The van der Waals surface area contributed by atoms with Gasteiger partial charge in [0.2, 0.25) is 5.91 Å². The minimum absolute atomic E-state index is 0.125. The number of rotatable bonds is 6. The number of anilines is 1. The summed E-state index contributed by atoms with van der Waals surface area (Å²) in [7, 11) is 0. The fourth-order valence-electron chi connectivity index (χ4n) is 2.38. The monoisotopic (exact) mass is 344 g/mol. The highest BCUT2D eigenvalue weighted by Crippen LogP contribution is 2.25. The smallest absolute Gasteiger partial charge is 0.252 e. The van der Waals surface area contributed by atoms with E-state index in [2.05, 4.69) is 5.32 Å². The predicted molar refractivity (Wildman–Crippen MR) is 94.2 cm³/mol. The van der Waals surface area contributed by atoms with Gasteiger partial charge in [-0.1, -0.05) is 18.2 Å². The van der Waals surface area contributed by atoms with Gasteiger partial charge < -0.3 is 15.8 Å². The lowest BCUT2D eigenvalue weighted by Crippen LogP contribution is -2.21. The first-order chi connectivity index (χ1) is 11.8. The fourth-order valence-corrected chi connectivity index (χ4v) is 2.38. The molecule has 0 saturated heterocycles. The second-order valence-corrected chi connectivity index (χ2v) is 5.97. The van der Waals surface area contributed by atoms with E-state index in [4.69, 9.17) is 10.5 Å². The molecular formula is C19H21FN2O3. The van der Waals surface area contributed by atoms with Gasteiger partial charge in [-0.05, 0) is 50.6 Å². The molecule has 25 heavy (non-hydrogen) atoms. The van der Waals surface area contributed by atoms with Crippen LogP contribution in [0, 0.1) is 5.82 Å². The van der Waals surface area contributed by atoms with Gasteiger partial charge in [-0.3, -0.25) is 9.59 Å². The van der Waals surface area contributed by atoms with Gasteiger partial charge >= 0.3 is 0 Å². The Morgan fingerprint density at radius 2 is 1.80 bits per heavy atom. The zero-order valence-electron chi connectivity index (χ0n) is 14.4. The first kappa shape index (κ1) is 18.4. The number of nitrogens with one attached hydrogen (secondary N) is 1. The Balaban J connectivity index is 2.22. The molecule has 0 heterocycles. The maximum absolute atomic E-state index is 13.8. The Kier molecular flexibility index (Phi) is 5.75. The van der Waals surface area contributed by atoms with Crippen LogP contribution in [0.4, 0.5) is 10.1 Å². The van der Waals surface area contributed by atoms with Crippen molar-refractivity contribution in [3.63, 3.8) is 0 Å². The number of amides is 2. The SMILES string of the molecule is CC(C)Oc1ccc(NC(=O)C(C)c2ccccc2F)cc1C(N)=O. The number of carbonyl (C=O) groups is 2. The summed E-state index contributed by atoms with van der Waals surface area (Å²) < 4.78 is 19.4. The molecule has 2 rings (SSSR count). The van der Waals surface area contributed by atoms with Gasteiger partial charge in [0.25, 0.3) is 5.91 Å². The van der Waals surface area contributed by atoms with Gasteiger partial charge in [0.05, 0.1) is 17.6 Å². The van der Waals surface area contributed by atoms with Crippen molar-refractivity contribution in [3.8, 4) is 5.75 Å². The number of nitrogens with two attached hydrogens (primary N) is 1. The molecule has 2 aromatic rings. The highest BCUT2D eigenvalue weighted by atomic mass is 19.1. The van der Waals surface area contributed by atoms with Crippen LogP contribution in [-0.4, -0.2) is 17.9 Å². The summed E-state index contributed by atoms with van der Waals surface area (Å²) in [4.78, 5) is 24.0. The summed E-state index contributed by atoms with van der Waals surface area (Å²) >= 11 is 0. The summed E-state index contributed by atoms with van der Waals surface area (Å²) in [5, 5.41) is 2.67. The van der Waals surface area contributed by atoms with E-state index in [9.17, 15) is 14.0 Å². The molecule has 0 bridgehead atoms. The average molecular weight is 344 g/mol. The molecule has 0 aliphatic heterocycles. The second-order valence-electron chi connectivity index (χ2n) is 5.97. The molecule has 0 saturated carbocycles. The van der Waals surface area contributed by atoms with Crippen molar-refractivity contribution in [2.75, 3.05) is 5.32 Å². The minimum atomic E-state index is -0.690. The minimum Gasteiger partial charge on any atom is -0.490 e. The van der Waals surface area contributed by atoms with E-state index in [1.54, 1.807) is 37.3 Å². The van der Waals surface area contributed by atoms with E-state index in [-0.39, 0.29) is 11.7 Å². The van der Waals surface area contributed by atoms with Crippen LogP contribution in [0.5, 0.6) is 5.75 Å². The van der Waals surface area contributed by atoms with Gasteiger partial charge in [0, 0.05) is 5.69 Å². The molecule has 5 nitrogen and oxygen atoms in total. The Morgan fingerprint density at radius 1 is 1.12 bits per heavy atom. The number of hydrogen-bond donors (Lipinski definition) is 2. The first-order valence-corrected chi connectivity index (χ1v) is 7.95. The maximum atomic E-state index is 13.8. The largest absolute Gasteiger partial charge is 0.490 e. The lowest BCUT2D eigenvalue weighted by atomic mass is 9.99. The van der Waals surface area contributed by atoms with Crippen LogP contribution in [0.2, 0.25) is 0 Å². The van der Waals surface area contributed by atoms with E-state index in [0.717, 1.165) is 0 Å². The van der Waals surface area contributed by atoms with E-state index < -0.39 is 23.5 Å². The lowest BCUT2D eigenvalue weighted by Gasteiger charge is -2.16. The van der Waals surface area contributed by atoms with Gasteiger partial charge in [-0.25, -0.2) is 4.39 Å². The molecule has 3 N–H and O–H groups in total. The number of carbonyl (C=O) groups excluding carboxylic acids is 2. The van der Waals surface area contributed by atoms with Crippen molar-refractivity contribution in [2.45, 2.75) is 32.8 Å². The van der Waals surface area contributed by atoms with Gasteiger partial charge in [0.1, 0.15) is 11.6 Å². The average Bonchev–Trinajstić information content (AvgIpc) is 2.55. The van der Waals surface area contributed by atoms with Crippen LogP contribution in [0.15, 0.2) is 42.5 Å². The summed E-state index contributed by atoms with van der Waals surface area (Å²) in [6.45, 7) is 5.27. The molecule has 0 aliphatic carbocycles. The van der Waals surface area contributed by atoms with Crippen molar-refractivity contribution in [3.05, 3.63) is 59.4 Å². The summed E-state index contributed by atoms with van der Waals surface area (Å²) in [5.74, 6) is -1.83. The van der Waals surface area contributed by atoms with Crippen LogP contribution in [-0.2, 0) is 4.79 Å². The van der Waals surface area contributed by atoms with Crippen molar-refractivity contribution < 1.29 is 18.7 Å². The molecule has 2 aromatic carbocycles. The van der Waals surface area contributed by atoms with Crippen molar-refractivity contribution in [1.82, 2.24) is 0 Å². The van der Waals surface area contributed by atoms with Gasteiger partial charge in [-0.2, -0.15) is 0 Å². The van der Waals surface area contributed by atoms with E-state index in [0.29, 0.717) is 17.0 Å². The van der Waals surface area contributed by atoms with Gasteiger partial charge in [0.15, 0.2) is 0 Å². The Hall–Kier alpha value is -2.89. The summed E-state index contributed by atoms with van der Waals surface area (Å²) in [6.07, 6.45) is -0.125. The normalized spacial score (nSPS) is 11.9. The molecule has 0 radical (unpaired) electrons. The van der Waals surface area contributed by atoms with E-state index in [1.165, 1.54) is 12.1 Å². The maximum Gasteiger partial charge on any atom is 0.252 e. The fraction of sp³-hybridized carbons (Fsp3) is 0.263. The molecule has 1 atom stereocenters. The molecule has 0 aromatic heterocycles. The Labute approximate surface area is 146 Å². The number of benzene rings is 2. The van der Waals surface area contributed by atoms with Crippen LogP contribution < -0.4 is 15.8 Å². The topological polar surface area (TPSA) is 81.4 Å².